The highest BCUT2D eigenvalue weighted by atomic mass is 16.2. The van der Waals surface area contributed by atoms with E-state index >= 15 is 0 Å². The number of benzene rings is 1. The van der Waals surface area contributed by atoms with E-state index in [1.54, 1.807) is 0 Å². The molecule has 2 atom stereocenters. The van der Waals surface area contributed by atoms with Crippen molar-refractivity contribution in [2.75, 3.05) is 0 Å². The minimum absolute atomic E-state index is 0.260. The van der Waals surface area contributed by atoms with Gasteiger partial charge in [0, 0.05) is 0 Å². The van der Waals surface area contributed by atoms with Gasteiger partial charge in [-0.25, -0.2) is 0 Å². The molecule has 0 spiro atoms. The zero-order valence-corrected chi connectivity index (χ0v) is 12.9. The van der Waals surface area contributed by atoms with E-state index in [0.717, 1.165) is 11.1 Å². The number of nitrogens with one attached hydrogen (secondary N) is 1. The van der Waals surface area contributed by atoms with Gasteiger partial charge in [0.2, 0.25) is 11.8 Å². The van der Waals surface area contributed by atoms with E-state index < -0.39 is 18.0 Å². The van der Waals surface area contributed by atoms with Gasteiger partial charge in [-0.3, -0.25) is 9.59 Å². The lowest BCUT2D eigenvalue weighted by Crippen LogP contribution is -2.51. The summed E-state index contributed by atoms with van der Waals surface area (Å²) in [5, 5.41) is 2.65. The van der Waals surface area contributed by atoms with Crippen LogP contribution in [0, 0.1) is 12.8 Å². The van der Waals surface area contributed by atoms with Crippen LogP contribution in [0.3, 0.4) is 0 Å². The minimum Gasteiger partial charge on any atom is -0.368 e. The van der Waals surface area contributed by atoms with E-state index in [-0.39, 0.29) is 11.8 Å². The van der Waals surface area contributed by atoms with Gasteiger partial charge in [-0.1, -0.05) is 38.1 Å². The maximum atomic E-state index is 12.1. The monoisotopic (exact) mass is 291 g/mol. The van der Waals surface area contributed by atoms with E-state index in [9.17, 15) is 9.59 Å². The van der Waals surface area contributed by atoms with Gasteiger partial charge in [0.05, 0.1) is 6.04 Å². The number of primary amides is 1. The molecule has 0 saturated carbocycles. The molecule has 1 rings (SSSR count). The van der Waals surface area contributed by atoms with Crippen molar-refractivity contribution >= 4 is 11.8 Å². The van der Waals surface area contributed by atoms with Gasteiger partial charge in [-0.15, -0.1) is 0 Å². The van der Waals surface area contributed by atoms with Crippen LogP contribution in [0.5, 0.6) is 0 Å². The first-order valence-corrected chi connectivity index (χ1v) is 7.21. The number of carbonyl (C=O) groups excluding carboxylic acids is 2. The fourth-order valence-electron chi connectivity index (χ4n) is 2.17. The van der Waals surface area contributed by atoms with Crippen LogP contribution in [-0.4, -0.2) is 23.9 Å². The lowest BCUT2D eigenvalue weighted by Gasteiger charge is -2.20. The summed E-state index contributed by atoms with van der Waals surface area (Å²) >= 11 is 0. The van der Waals surface area contributed by atoms with Gasteiger partial charge in [0.1, 0.15) is 6.04 Å². The molecule has 0 bridgehead atoms. The Labute approximate surface area is 126 Å². The Morgan fingerprint density at radius 1 is 1.24 bits per heavy atom. The second kappa shape index (κ2) is 7.78. The predicted octanol–water partition coefficient (Wildman–Crippen LogP) is 0.881. The van der Waals surface area contributed by atoms with Crippen molar-refractivity contribution < 1.29 is 9.59 Å². The summed E-state index contributed by atoms with van der Waals surface area (Å²) in [6.45, 7) is 5.91. The largest absolute Gasteiger partial charge is 0.368 e. The molecule has 0 unspecified atom stereocenters. The average Bonchev–Trinajstić information content (AvgIpc) is 2.39. The molecule has 0 aromatic heterocycles. The highest BCUT2D eigenvalue weighted by Gasteiger charge is 2.23. The SMILES string of the molecule is Cc1ccccc1C[C@H](N)C(=O)N[C@@H](CC(C)C)C(N)=O. The van der Waals surface area contributed by atoms with Gasteiger partial charge in [-0.2, -0.15) is 0 Å². The lowest BCUT2D eigenvalue weighted by atomic mass is 9.99. The molecular formula is C16H25N3O2. The number of amides is 2. The highest BCUT2D eigenvalue weighted by Crippen LogP contribution is 2.10. The zero-order valence-electron chi connectivity index (χ0n) is 12.9. The van der Waals surface area contributed by atoms with Gasteiger partial charge in [-0.05, 0) is 36.8 Å². The molecule has 0 fully saturated rings. The standard InChI is InChI=1S/C16H25N3O2/c1-10(2)8-14(15(18)20)19-16(21)13(17)9-12-7-5-4-6-11(12)3/h4-7,10,13-14H,8-9,17H2,1-3H3,(H2,18,20)(H,19,21)/t13-,14-/m0/s1. The van der Waals surface area contributed by atoms with Crippen molar-refractivity contribution in [3.8, 4) is 0 Å². The fraction of sp³-hybridized carbons (Fsp3) is 0.500. The molecule has 21 heavy (non-hydrogen) atoms. The Kier molecular flexibility index (Phi) is 6.37. The van der Waals surface area contributed by atoms with E-state index in [1.165, 1.54) is 0 Å². The number of carbonyl (C=O) groups is 2. The summed E-state index contributed by atoms with van der Waals surface area (Å²) in [7, 11) is 0. The number of nitrogens with two attached hydrogens (primary N) is 2. The van der Waals surface area contributed by atoms with Gasteiger partial charge in [0.15, 0.2) is 0 Å². The Morgan fingerprint density at radius 2 is 1.86 bits per heavy atom. The summed E-state index contributed by atoms with van der Waals surface area (Å²) in [6.07, 6.45) is 0.948. The fourth-order valence-corrected chi connectivity index (χ4v) is 2.17. The summed E-state index contributed by atoms with van der Waals surface area (Å²) in [5.41, 5.74) is 13.4. The molecule has 0 saturated heterocycles. The van der Waals surface area contributed by atoms with Crippen molar-refractivity contribution in [3.63, 3.8) is 0 Å². The molecule has 0 aliphatic rings. The topological polar surface area (TPSA) is 98.2 Å². The van der Waals surface area contributed by atoms with Gasteiger partial charge < -0.3 is 16.8 Å². The van der Waals surface area contributed by atoms with Crippen LogP contribution >= 0.6 is 0 Å². The molecule has 116 valence electrons. The first-order valence-electron chi connectivity index (χ1n) is 7.21. The van der Waals surface area contributed by atoms with Crippen LogP contribution < -0.4 is 16.8 Å². The molecule has 2 amide bonds. The lowest BCUT2D eigenvalue weighted by molar-refractivity contribution is -0.128. The van der Waals surface area contributed by atoms with Crippen LogP contribution in [0.1, 0.15) is 31.4 Å². The smallest absolute Gasteiger partial charge is 0.240 e. The van der Waals surface area contributed by atoms with E-state index in [2.05, 4.69) is 5.32 Å². The molecule has 1 aromatic carbocycles. The quantitative estimate of drug-likeness (QED) is 0.695. The van der Waals surface area contributed by atoms with Crippen molar-refractivity contribution in [1.29, 1.82) is 0 Å². The van der Waals surface area contributed by atoms with Gasteiger partial charge in [0.25, 0.3) is 0 Å². The second-order valence-electron chi connectivity index (χ2n) is 5.83. The van der Waals surface area contributed by atoms with Crippen LogP contribution in [0.2, 0.25) is 0 Å². The zero-order chi connectivity index (χ0) is 16.0. The molecule has 0 aliphatic heterocycles. The van der Waals surface area contributed by atoms with Crippen LogP contribution in [0.4, 0.5) is 0 Å². The van der Waals surface area contributed by atoms with Crippen LogP contribution in [0.15, 0.2) is 24.3 Å². The normalized spacial score (nSPS) is 13.8. The Morgan fingerprint density at radius 3 is 2.38 bits per heavy atom. The predicted molar refractivity (Wildman–Crippen MR) is 83.4 cm³/mol. The van der Waals surface area contributed by atoms with E-state index in [0.29, 0.717) is 12.8 Å². The highest BCUT2D eigenvalue weighted by molar-refractivity contribution is 5.89. The number of hydrogen-bond donors (Lipinski definition) is 3. The van der Waals surface area contributed by atoms with Crippen molar-refractivity contribution in [3.05, 3.63) is 35.4 Å². The Balaban J connectivity index is 2.65. The first kappa shape index (κ1) is 17.2. The third-order valence-corrected chi connectivity index (χ3v) is 3.40. The molecule has 1 aromatic rings. The molecule has 0 radical (unpaired) electrons. The summed E-state index contributed by atoms with van der Waals surface area (Å²) in [5.74, 6) is -0.613. The van der Waals surface area contributed by atoms with Crippen LogP contribution in [-0.2, 0) is 16.0 Å². The maximum Gasteiger partial charge on any atom is 0.240 e. The number of hydrogen-bond acceptors (Lipinski definition) is 3. The second-order valence-corrected chi connectivity index (χ2v) is 5.83. The van der Waals surface area contributed by atoms with Gasteiger partial charge >= 0.3 is 0 Å². The summed E-state index contributed by atoms with van der Waals surface area (Å²) in [6, 6.07) is 6.42. The molecule has 0 heterocycles. The van der Waals surface area contributed by atoms with Crippen molar-refractivity contribution in [2.24, 2.45) is 17.4 Å². The Bertz CT molecular complexity index is 500. The summed E-state index contributed by atoms with van der Waals surface area (Å²) in [4.78, 5) is 23.5. The van der Waals surface area contributed by atoms with E-state index in [1.807, 2.05) is 45.0 Å². The van der Waals surface area contributed by atoms with Crippen LogP contribution in [0.25, 0.3) is 0 Å². The number of rotatable bonds is 7. The molecule has 5 heteroatoms. The third kappa shape index (κ3) is 5.55. The van der Waals surface area contributed by atoms with Crippen molar-refractivity contribution in [1.82, 2.24) is 5.32 Å². The molecule has 5 N–H and O–H groups in total. The maximum absolute atomic E-state index is 12.1. The average molecular weight is 291 g/mol. The first-order chi connectivity index (χ1) is 9.81. The summed E-state index contributed by atoms with van der Waals surface area (Å²) < 4.78 is 0. The molecular weight excluding hydrogens is 266 g/mol. The third-order valence-electron chi connectivity index (χ3n) is 3.40. The van der Waals surface area contributed by atoms with Crippen molar-refractivity contribution in [2.45, 2.75) is 45.7 Å². The van der Waals surface area contributed by atoms with E-state index in [4.69, 9.17) is 11.5 Å². The Hall–Kier alpha value is -1.88. The minimum atomic E-state index is -0.694. The molecule has 0 aliphatic carbocycles. The number of aryl methyl sites for hydroxylation is 1. The molecule has 5 nitrogen and oxygen atoms in total.